The minimum atomic E-state index is 0.124. The van der Waals surface area contributed by atoms with Gasteiger partial charge in [0.1, 0.15) is 0 Å². The highest BCUT2D eigenvalue weighted by Gasteiger charge is 2.22. The normalized spacial score (nSPS) is 21.7. The molecule has 3 N–H and O–H groups in total. The molecular weight excluding hydrogens is 308 g/mol. The molecule has 1 aromatic rings. The number of hydrogen-bond donors (Lipinski definition) is 2. The van der Waals surface area contributed by atoms with Gasteiger partial charge in [0.15, 0.2) is 5.84 Å². The van der Waals surface area contributed by atoms with Crippen LogP contribution in [0, 0.1) is 0 Å². The predicted molar refractivity (Wildman–Crippen MR) is 81.0 cm³/mol. The van der Waals surface area contributed by atoms with Crippen LogP contribution in [0.25, 0.3) is 0 Å². The Hall–Kier alpha value is -1.27. The van der Waals surface area contributed by atoms with Gasteiger partial charge in [-0.05, 0) is 48.1 Å². The third-order valence-corrected chi connectivity index (χ3v) is 4.29. The Bertz CT molecular complexity index is 492. The Kier molecular flexibility index (Phi) is 4.31. The smallest absolute Gasteiger partial charge is 0.170 e. The number of nitrogens with two attached hydrogens (primary N) is 1. The van der Waals surface area contributed by atoms with E-state index >= 15 is 0 Å². The second kappa shape index (κ2) is 5.79. The van der Waals surface area contributed by atoms with E-state index in [1.807, 2.05) is 18.2 Å². The number of nitrogens with zero attached hydrogens (tertiary/aromatic N) is 3. The lowest BCUT2D eigenvalue weighted by molar-refractivity contribution is 0.234. The topological polar surface area (TPSA) is 65.1 Å². The summed E-state index contributed by atoms with van der Waals surface area (Å²) in [6.45, 7) is 5.28. The van der Waals surface area contributed by atoms with Gasteiger partial charge in [-0.25, -0.2) is 0 Å². The summed E-state index contributed by atoms with van der Waals surface area (Å²) >= 11 is 3.57. The molecule has 5 nitrogen and oxygen atoms in total. The Morgan fingerprint density at radius 1 is 1.47 bits per heavy atom. The number of benzene rings is 1. The van der Waals surface area contributed by atoms with E-state index < -0.39 is 0 Å². The van der Waals surface area contributed by atoms with Crippen LogP contribution >= 0.6 is 15.9 Å². The van der Waals surface area contributed by atoms with Crippen LogP contribution in [0.15, 0.2) is 27.8 Å². The maximum Gasteiger partial charge on any atom is 0.170 e. The average Bonchev–Trinajstić information content (AvgIpc) is 2.41. The van der Waals surface area contributed by atoms with Gasteiger partial charge >= 0.3 is 0 Å². The molecule has 1 heterocycles. The van der Waals surface area contributed by atoms with Crippen molar-refractivity contribution in [1.29, 1.82) is 0 Å². The summed E-state index contributed by atoms with van der Waals surface area (Å²) in [6.07, 6.45) is 0. The number of amidine groups is 1. The second-order valence-corrected chi connectivity index (χ2v) is 5.78. The molecule has 19 heavy (non-hydrogen) atoms. The van der Waals surface area contributed by atoms with E-state index in [2.05, 4.69) is 44.9 Å². The van der Waals surface area contributed by atoms with Gasteiger partial charge in [-0.15, -0.1) is 0 Å². The first kappa shape index (κ1) is 14.1. The average molecular weight is 327 g/mol. The first-order valence-corrected chi connectivity index (χ1v) is 7.05. The molecule has 2 rings (SSSR count). The second-order valence-electron chi connectivity index (χ2n) is 4.93. The highest BCUT2D eigenvalue weighted by molar-refractivity contribution is 9.10. The van der Waals surface area contributed by atoms with Gasteiger partial charge in [0.05, 0.1) is 5.69 Å². The molecule has 0 bridgehead atoms. The number of hydrogen-bond acceptors (Lipinski definition) is 4. The Labute approximate surface area is 121 Å². The maximum atomic E-state index is 8.69. The van der Waals surface area contributed by atoms with E-state index in [-0.39, 0.29) is 5.84 Å². The standard InChI is InChI=1S/C13H19BrN4O/c1-9-8-18(6-5-17(9)2)12-4-3-10(7-11(12)14)13(15)16-19/h3-4,7,9,19H,5-6,8H2,1-2H3,(H2,15,16). The quantitative estimate of drug-likeness (QED) is 0.375. The maximum absolute atomic E-state index is 8.69. The van der Waals surface area contributed by atoms with Gasteiger partial charge < -0.3 is 20.7 Å². The minimum absolute atomic E-state index is 0.124. The number of likely N-dealkylation sites (N-methyl/N-ethyl adjacent to an activating group) is 1. The van der Waals surface area contributed by atoms with Crippen LogP contribution in [-0.4, -0.2) is 48.7 Å². The molecular formula is C13H19BrN4O. The predicted octanol–water partition coefficient (Wildman–Crippen LogP) is 1.68. The molecule has 0 aliphatic carbocycles. The fourth-order valence-corrected chi connectivity index (χ4v) is 2.88. The summed E-state index contributed by atoms with van der Waals surface area (Å²) in [7, 11) is 2.15. The Morgan fingerprint density at radius 2 is 2.21 bits per heavy atom. The zero-order valence-corrected chi connectivity index (χ0v) is 12.8. The summed E-state index contributed by atoms with van der Waals surface area (Å²) in [5, 5.41) is 11.7. The first-order chi connectivity index (χ1) is 9.02. The molecule has 1 fully saturated rings. The van der Waals surface area contributed by atoms with Gasteiger partial charge in [0, 0.05) is 35.7 Å². The minimum Gasteiger partial charge on any atom is -0.409 e. The van der Waals surface area contributed by atoms with Crippen LogP contribution < -0.4 is 10.6 Å². The van der Waals surface area contributed by atoms with Gasteiger partial charge in [0.2, 0.25) is 0 Å². The van der Waals surface area contributed by atoms with Gasteiger partial charge in [-0.1, -0.05) is 5.16 Å². The lowest BCUT2D eigenvalue weighted by Crippen LogP contribution is -2.50. The fraction of sp³-hybridized carbons (Fsp3) is 0.462. The van der Waals surface area contributed by atoms with Crippen molar-refractivity contribution in [3.8, 4) is 0 Å². The van der Waals surface area contributed by atoms with Gasteiger partial charge in [-0.3, -0.25) is 0 Å². The molecule has 1 aromatic carbocycles. The molecule has 0 radical (unpaired) electrons. The summed E-state index contributed by atoms with van der Waals surface area (Å²) in [5.74, 6) is 0.124. The lowest BCUT2D eigenvalue weighted by atomic mass is 10.1. The van der Waals surface area contributed by atoms with E-state index in [1.165, 1.54) is 0 Å². The van der Waals surface area contributed by atoms with E-state index in [4.69, 9.17) is 10.9 Å². The number of halogens is 1. The summed E-state index contributed by atoms with van der Waals surface area (Å²) in [5.41, 5.74) is 7.45. The van der Waals surface area contributed by atoms with Crippen molar-refractivity contribution in [2.24, 2.45) is 10.9 Å². The monoisotopic (exact) mass is 326 g/mol. The van der Waals surface area contributed by atoms with E-state index in [1.54, 1.807) is 0 Å². The van der Waals surface area contributed by atoms with Crippen molar-refractivity contribution in [2.45, 2.75) is 13.0 Å². The largest absolute Gasteiger partial charge is 0.409 e. The van der Waals surface area contributed by atoms with Crippen molar-refractivity contribution >= 4 is 27.5 Å². The van der Waals surface area contributed by atoms with E-state index in [0.717, 1.165) is 29.8 Å². The van der Waals surface area contributed by atoms with Crippen LogP contribution in [0.1, 0.15) is 12.5 Å². The molecule has 1 aliphatic rings. The number of anilines is 1. The van der Waals surface area contributed by atoms with Crippen LogP contribution in [-0.2, 0) is 0 Å². The molecule has 104 valence electrons. The van der Waals surface area contributed by atoms with Crippen LogP contribution in [0.3, 0.4) is 0 Å². The van der Waals surface area contributed by atoms with Crippen molar-refractivity contribution in [3.63, 3.8) is 0 Å². The highest BCUT2D eigenvalue weighted by atomic mass is 79.9. The third-order valence-electron chi connectivity index (χ3n) is 3.65. The zero-order valence-electron chi connectivity index (χ0n) is 11.2. The Morgan fingerprint density at radius 3 is 2.79 bits per heavy atom. The van der Waals surface area contributed by atoms with Crippen molar-refractivity contribution in [3.05, 3.63) is 28.2 Å². The molecule has 1 unspecified atom stereocenters. The van der Waals surface area contributed by atoms with Crippen molar-refractivity contribution in [1.82, 2.24) is 4.90 Å². The summed E-state index contributed by atoms with van der Waals surface area (Å²) in [6, 6.07) is 6.30. The molecule has 0 aromatic heterocycles. The van der Waals surface area contributed by atoms with Crippen molar-refractivity contribution in [2.75, 3.05) is 31.6 Å². The molecule has 1 saturated heterocycles. The molecule has 0 amide bonds. The molecule has 6 heteroatoms. The third kappa shape index (κ3) is 3.01. The highest BCUT2D eigenvalue weighted by Crippen LogP contribution is 2.29. The molecule has 0 saturated carbocycles. The van der Waals surface area contributed by atoms with Crippen LogP contribution in [0.4, 0.5) is 5.69 Å². The number of rotatable bonds is 2. The number of piperazine rings is 1. The SMILES string of the molecule is CC1CN(c2ccc(/C(N)=N/O)cc2Br)CCN1C. The van der Waals surface area contributed by atoms with Crippen LogP contribution in [0.5, 0.6) is 0 Å². The molecule has 0 spiro atoms. The summed E-state index contributed by atoms with van der Waals surface area (Å²) in [4.78, 5) is 4.71. The van der Waals surface area contributed by atoms with E-state index in [0.29, 0.717) is 11.6 Å². The van der Waals surface area contributed by atoms with Gasteiger partial charge in [0.25, 0.3) is 0 Å². The summed E-state index contributed by atoms with van der Waals surface area (Å²) < 4.78 is 0.966. The first-order valence-electron chi connectivity index (χ1n) is 6.25. The number of oxime groups is 1. The van der Waals surface area contributed by atoms with E-state index in [9.17, 15) is 0 Å². The zero-order chi connectivity index (χ0) is 14.0. The lowest BCUT2D eigenvalue weighted by Gasteiger charge is -2.39. The fourth-order valence-electron chi connectivity index (χ4n) is 2.25. The molecule has 1 atom stereocenters. The van der Waals surface area contributed by atoms with Gasteiger partial charge in [-0.2, -0.15) is 0 Å². The van der Waals surface area contributed by atoms with Crippen molar-refractivity contribution < 1.29 is 5.21 Å². The van der Waals surface area contributed by atoms with Crippen LogP contribution in [0.2, 0.25) is 0 Å². The molecule has 1 aliphatic heterocycles. The Balaban J connectivity index is 2.22.